The highest BCUT2D eigenvalue weighted by Gasteiger charge is 2.10. The zero-order valence-corrected chi connectivity index (χ0v) is 3.77. The molecule has 0 aliphatic carbocycles. The van der Waals surface area contributed by atoms with Crippen LogP contribution in [-0.4, -0.2) is 11.2 Å². The van der Waals surface area contributed by atoms with Crippen LogP contribution >= 0.6 is 11.6 Å². The van der Waals surface area contributed by atoms with E-state index in [1.807, 2.05) is 0 Å². The summed E-state index contributed by atoms with van der Waals surface area (Å²) in [6, 6.07) is 0. The normalized spacial score (nSPS) is 7.71. The van der Waals surface area contributed by atoms with Gasteiger partial charge in [-0.2, -0.15) is 0 Å². The lowest BCUT2D eigenvalue weighted by Gasteiger charge is -1.77. The maximum Gasteiger partial charge on any atom is 0.428 e. The first-order valence-corrected chi connectivity index (χ1v) is 1.60. The molecule has 0 aromatic rings. The summed E-state index contributed by atoms with van der Waals surface area (Å²) in [5.41, 5.74) is 0. The van der Waals surface area contributed by atoms with Crippen molar-refractivity contribution in [3.8, 4) is 0 Å². The van der Waals surface area contributed by atoms with Crippen LogP contribution in [0.3, 0.4) is 0 Å². The molecule has 5 heteroatoms. The Morgan fingerprint density at radius 1 is 1.43 bits per heavy atom. The molecule has 0 aromatic heterocycles. The summed E-state index contributed by atoms with van der Waals surface area (Å²) in [5, 5.41) is 7.51. The molecule has 1 radical (unpaired) electrons. The molecule has 0 N–H and O–H groups in total. The minimum Gasteiger partial charge on any atom is -0.268 e. The number of hydrogen-bond donors (Lipinski definition) is 0. The Balaban J connectivity index is 3.58. The van der Waals surface area contributed by atoms with Gasteiger partial charge < -0.3 is 0 Å². The van der Waals surface area contributed by atoms with Crippen LogP contribution in [0.4, 0.5) is 0 Å². The van der Waals surface area contributed by atoms with Gasteiger partial charge >= 0.3 is 11.2 Å². The molecular weight excluding hydrogens is 123 g/mol. The van der Waals surface area contributed by atoms with Crippen molar-refractivity contribution >= 4 is 22.8 Å². The largest absolute Gasteiger partial charge is 0.428 e. The van der Waals surface area contributed by atoms with Crippen LogP contribution in [0.5, 0.6) is 0 Å². The molecule has 0 saturated heterocycles. The van der Waals surface area contributed by atoms with Crippen LogP contribution in [0.15, 0.2) is 0 Å². The fourth-order valence-electron chi connectivity index (χ4n) is 0.0328. The van der Waals surface area contributed by atoms with Crippen LogP contribution < -0.4 is 0 Å². The van der Waals surface area contributed by atoms with Crippen molar-refractivity contribution in [2.24, 2.45) is 0 Å². The molecule has 4 nitrogen and oxygen atoms in total. The van der Waals surface area contributed by atoms with E-state index < -0.39 is 11.2 Å². The van der Waals surface area contributed by atoms with Crippen molar-refractivity contribution in [1.29, 1.82) is 0 Å². The molecule has 0 atom stereocenters. The summed E-state index contributed by atoms with van der Waals surface area (Å²) < 4.78 is 0. The maximum absolute atomic E-state index is 9.50. The third-order valence-electron chi connectivity index (χ3n) is 0.236. The van der Waals surface area contributed by atoms with Crippen LogP contribution in [-0.2, 0) is 19.7 Å². The third kappa shape index (κ3) is 2.13. The fraction of sp³-hybridized carbons (Fsp3) is 0. The Kier molecular flexibility index (Phi) is 2.32. The van der Waals surface area contributed by atoms with Crippen molar-refractivity contribution in [1.82, 2.24) is 0 Å². The quantitative estimate of drug-likeness (QED) is 0.207. The van der Waals surface area contributed by atoms with Gasteiger partial charge in [0.1, 0.15) is 0 Å². The molecule has 0 bridgehead atoms. The molecule has 7 heavy (non-hydrogen) atoms. The summed E-state index contributed by atoms with van der Waals surface area (Å²) in [5.74, 6) is -1.58. The SMILES string of the molecule is [O]OC(=O)C(=O)Cl. The van der Waals surface area contributed by atoms with Gasteiger partial charge in [-0.15, -0.1) is 0 Å². The minimum atomic E-state index is -1.58. The predicted octanol–water partition coefficient (Wildman–Crippen LogP) is -0.360. The van der Waals surface area contributed by atoms with Gasteiger partial charge in [0.2, 0.25) is 0 Å². The van der Waals surface area contributed by atoms with Crippen LogP contribution in [0.2, 0.25) is 0 Å². The standard InChI is InChI=1S/C2ClO4/c3-1(4)2(5)7-6. The summed E-state index contributed by atoms with van der Waals surface area (Å²) in [6.45, 7) is 0. The van der Waals surface area contributed by atoms with Crippen molar-refractivity contribution in [3.63, 3.8) is 0 Å². The van der Waals surface area contributed by atoms with Crippen molar-refractivity contribution in [3.05, 3.63) is 0 Å². The van der Waals surface area contributed by atoms with Crippen LogP contribution in [0.25, 0.3) is 0 Å². The zero-order valence-electron chi connectivity index (χ0n) is 3.01. The lowest BCUT2D eigenvalue weighted by atomic mass is 10.8. The molecule has 0 unspecified atom stereocenters. The van der Waals surface area contributed by atoms with E-state index in [0.717, 1.165) is 0 Å². The molecule has 0 aliphatic heterocycles. The van der Waals surface area contributed by atoms with Crippen LogP contribution in [0.1, 0.15) is 0 Å². The fourth-order valence-corrected chi connectivity index (χ4v) is 0.0643. The molecule has 0 amide bonds. The van der Waals surface area contributed by atoms with E-state index in [1.54, 1.807) is 0 Å². The molecule has 0 aliphatic rings. The molecule has 0 aromatic carbocycles. The second-order valence-electron chi connectivity index (χ2n) is 0.644. The van der Waals surface area contributed by atoms with Gasteiger partial charge in [-0.25, -0.2) is 4.79 Å². The minimum absolute atomic E-state index is 1.41. The number of rotatable bonds is 1. The van der Waals surface area contributed by atoms with Gasteiger partial charge in [0.05, 0.1) is 0 Å². The van der Waals surface area contributed by atoms with E-state index >= 15 is 0 Å². The van der Waals surface area contributed by atoms with Crippen molar-refractivity contribution in [2.45, 2.75) is 0 Å². The molecule has 0 spiro atoms. The van der Waals surface area contributed by atoms with Gasteiger partial charge in [-0.05, 0) is 11.6 Å². The first kappa shape index (κ1) is 6.39. The number of halogens is 1. The number of carbonyl (C=O) groups is 2. The molecular formula is C2ClO4. The molecule has 0 rings (SSSR count). The smallest absolute Gasteiger partial charge is 0.268 e. The summed E-state index contributed by atoms with van der Waals surface area (Å²) >= 11 is 4.41. The Labute approximate surface area is 43.6 Å². The first-order chi connectivity index (χ1) is 3.18. The van der Waals surface area contributed by atoms with E-state index in [9.17, 15) is 9.59 Å². The maximum atomic E-state index is 9.50. The highest BCUT2D eigenvalue weighted by molar-refractivity contribution is 6.80. The zero-order chi connectivity index (χ0) is 5.86. The Morgan fingerprint density at radius 2 is 1.86 bits per heavy atom. The van der Waals surface area contributed by atoms with Crippen molar-refractivity contribution in [2.75, 3.05) is 0 Å². The summed E-state index contributed by atoms with van der Waals surface area (Å²) in [4.78, 5) is 21.6. The molecule has 0 fully saturated rings. The van der Waals surface area contributed by atoms with Gasteiger partial charge in [-0.1, -0.05) is 0 Å². The number of hydrogen-bond acceptors (Lipinski definition) is 3. The lowest BCUT2D eigenvalue weighted by Crippen LogP contribution is -2.07. The van der Waals surface area contributed by atoms with Gasteiger partial charge in [0, 0.05) is 5.26 Å². The first-order valence-electron chi connectivity index (χ1n) is 1.22. The second kappa shape index (κ2) is 2.54. The Bertz CT molecular complexity index is 97.9. The van der Waals surface area contributed by atoms with Gasteiger partial charge in [-0.3, -0.25) is 9.68 Å². The van der Waals surface area contributed by atoms with E-state index in [2.05, 4.69) is 16.5 Å². The Hall–Kier alpha value is -0.610. The van der Waals surface area contributed by atoms with Gasteiger partial charge in [0.25, 0.3) is 0 Å². The summed E-state index contributed by atoms with van der Waals surface area (Å²) in [6.07, 6.45) is 0. The number of carbonyl (C=O) groups excluding carboxylic acids is 2. The van der Waals surface area contributed by atoms with E-state index in [0.29, 0.717) is 0 Å². The van der Waals surface area contributed by atoms with Gasteiger partial charge in [0.15, 0.2) is 0 Å². The van der Waals surface area contributed by atoms with E-state index in [-0.39, 0.29) is 0 Å². The van der Waals surface area contributed by atoms with E-state index in [1.165, 1.54) is 0 Å². The summed E-state index contributed by atoms with van der Waals surface area (Å²) in [7, 11) is 0. The lowest BCUT2D eigenvalue weighted by molar-refractivity contribution is -0.274. The second-order valence-corrected chi connectivity index (χ2v) is 0.988. The highest BCUT2D eigenvalue weighted by atomic mass is 35.5. The Morgan fingerprint density at radius 3 is 1.86 bits per heavy atom. The average molecular weight is 123 g/mol. The molecule has 0 heterocycles. The predicted molar refractivity (Wildman–Crippen MR) is 17.6 cm³/mol. The molecule has 39 valence electrons. The average Bonchev–Trinajstić information content (AvgIpc) is 1.65. The highest BCUT2D eigenvalue weighted by Crippen LogP contribution is 1.80. The van der Waals surface area contributed by atoms with Crippen molar-refractivity contribution < 1.29 is 19.7 Å². The molecule has 0 saturated carbocycles. The van der Waals surface area contributed by atoms with E-state index in [4.69, 9.17) is 5.26 Å². The van der Waals surface area contributed by atoms with Crippen LogP contribution in [0, 0.1) is 0 Å². The monoisotopic (exact) mass is 123 g/mol. The third-order valence-corrected chi connectivity index (χ3v) is 0.390. The topological polar surface area (TPSA) is 63.3 Å².